The van der Waals surface area contributed by atoms with Crippen LogP contribution in [-0.4, -0.2) is 19.7 Å². The van der Waals surface area contributed by atoms with E-state index in [-0.39, 0.29) is 4.90 Å². The van der Waals surface area contributed by atoms with Crippen molar-refractivity contribution >= 4 is 49.0 Å². The second kappa shape index (κ2) is 7.13. The zero-order valence-corrected chi connectivity index (χ0v) is 15.9. The second-order valence-electron chi connectivity index (χ2n) is 5.37. The van der Waals surface area contributed by atoms with Gasteiger partial charge in [0.25, 0.3) is 10.0 Å². The molecule has 0 amide bonds. The molecule has 7 heteroatoms. The quantitative estimate of drug-likeness (QED) is 0.628. The summed E-state index contributed by atoms with van der Waals surface area (Å²) in [5, 5.41) is 0. The molecule has 24 heavy (non-hydrogen) atoms. The fourth-order valence-electron chi connectivity index (χ4n) is 2.39. The summed E-state index contributed by atoms with van der Waals surface area (Å²) in [4.78, 5) is 4.73. The summed E-state index contributed by atoms with van der Waals surface area (Å²) in [5.41, 5.74) is 2.58. The van der Waals surface area contributed by atoms with Gasteiger partial charge in [0.15, 0.2) is 4.34 Å². The molecule has 0 aliphatic heterocycles. The standard InChI is InChI=1S/C17H18N2O2S3/c1-3-4-12-5-8-14(9-6-12)24(20,21)19-13-7-10-15-16(11-13)23-17(18-15)22-2/h5-11,19H,3-4H2,1-2H3. The fourth-order valence-corrected chi connectivity index (χ4v) is 4.97. The lowest BCUT2D eigenvalue weighted by Gasteiger charge is -2.08. The van der Waals surface area contributed by atoms with E-state index >= 15 is 0 Å². The predicted octanol–water partition coefficient (Wildman–Crippen LogP) is 4.77. The summed E-state index contributed by atoms with van der Waals surface area (Å²) in [6.07, 6.45) is 3.97. The molecule has 0 saturated carbocycles. The molecule has 0 fully saturated rings. The Bertz CT molecular complexity index is 948. The summed E-state index contributed by atoms with van der Waals surface area (Å²) in [6, 6.07) is 12.5. The second-order valence-corrected chi connectivity index (χ2v) is 9.13. The van der Waals surface area contributed by atoms with Crippen molar-refractivity contribution in [3.63, 3.8) is 0 Å². The number of nitrogens with zero attached hydrogens (tertiary/aromatic N) is 1. The number of aromatic nitrogens is 1. The van der Waals surface area contributed by atoms with Gasteiger partial charge in [-0.3, -0.25) is 4.72 Å². The average Bonchev–Trinajstić information content (AvgIpc) is 2.98. The van der Waals surface area contributed by atoms with Crippen LogP contribution in [-0.2, 0) is 16.4 Å². The van der Waals surface area contributed by atoms with Gasteiger partial charge in [-0.15, -0.1) is 11.3 Å². The molecule has 2 aromatic carbocycles. The van der Waals surface area contributed by atoms with Crippen LogP contribution in [0.1, 0.15) is 18.9 Å². The first kappa shape index (κ1) is 17.3. The normalized spacial score (nSPS) is 11.8. The number of benzene rings is 2. The highest BCUT2D eigenvalue weighted by molar-refractivity contribution is 8.00. The molecule has 0 spiro atoms. The smallest absolute Gasteiger partial charge is 0.261 e. The zero-order valence-electron chi connectivity index (χ0n) is 13.4. The Morgan fingerprint density at radius 3 is 2.58 bits per heavy atom. The van der Waals surface area contributed by atoms with Gasteiger partial charge in [-0.25, -0.2) is 13.4 Å². The number of rotatable bonds is 6. The summed E-state index contributed by atoms with van der Waals surface area (Å²) in [7, 11) is -3.58. The minimum atomic E-state index is -3.58. The van der Waals surface area contributed by atoms with E-state index in [2.05, 4.69) is 16.6 Å². The molecule has 3 rings (SSSR count). The summed E-state index contributed by atoms with van der Waals surface area (Å²) < 4.78 is 29.7. The zero-order chi connectivity index (χ0) is 17.2. The first-order chi connectivity index (χ1) is 11.5. The van der Waals surface area contributed by atoms with Crippen LogP contribution in [0.15, 0.2) is 51.7 Å². The van der Waals surface area contributed by atoms with Crippen LogP contribution in [0.25, 0.3) is 10.2 Å². The molecule has 4 nitrogen and oxygen atoms in total. The van der Waals surface area contributed by atoms with Gasteiger partial charge in [-0.2, -0.15) is 0 Å². The Balaban J connectivity index is 1.85. The van der Waals surface area contributed by atoms with Crippen LogP contribution in [0.4, 0.5) is 5.69 Å². The first-order valence-corrected chi connectivity index (χ1v) is 11.1. The van der Waals surface area contributed by atoms with Gasteiger partial charge in [-0.05, 0) is 48.6 Å². The van der Waals surface area contributed by atoms with Gasteiger partial charge < -0.3 is 0 Å². The van der Waals surface area contributed by atoms with E-state index < -0.39 is 10.0 Å². The summed E-state index contributed by atoms with van der Waals surface area (Å²) in [5.74, 6) is 0. The minimum Gasteiger partial charge on any atom is -0.280 e. The average molecular weight is 379 g/mol. The molecule has 0 bridgehead atoms. The Morgan fingerprint density at radius 1 is 1.17 bits per heavy atom. The van der Waals surface area contributed by atoms with Gasteiger partial charge >= 0.3 is 0 Å². The third-order valence-corrected chi connectivity index (χ3v) is 6.97. The molecule has 3 aromatic rings. The van der Waals surface area contributed by atoms with E-state index in [0.29, 0.717) is 5.69 Å². The van der Waals surface area contributed by atoms with Gasteiger partial charge in [0.2, 0.25) is 0 Å². The highest BCUT2D eigenvalue weighted by Gasteiger charge is 2.15. The van der Waals surface area contributed by atoms with Crippen molar-refractivity contribution in [2.75, 3.05) is 11.0 Å². The SMILES string of the molecule is CCCc1ccc(S(=O)(=O)Nc2ccc3nc(SC)sc3c2)cc1. The Morgan fingerprint density at radius 2 is 1.92 bits per heavy atom. The number of sulfonamides is 1. The van der Waals surface area contributed by atoms with E-state index in [1.807, 2.05) is 30.5 Å². The van der Waals surface area contributed by atoms with E-state index in [4.69, 9.17) is 0 Å². The van der Waals surface area contributed by atoms with Gasteiger partial charge in [0.1, 0.15) is 0 Å². The fraction of sp³-hybridized carbons (Fsp3) is 0.235. The third kappa shape index (κ3) is 3.74. The lowest BCUT2D eigenvalue weighted by Crippen LogP contribution is -2.12. The van der Waals surface area contributed by atoms with Crippen molar-refractivity contribution in [3.8, 4) is 0 Å². The van der Waals surface area contributed by atoms with Gasteiger partial charge in [-0.1, -0.05) is 37.2 Å². The van der Waals surface area contributed by atoms with Crippen molar-refractivity contribution in [1.29, 1.82) is 0 Å². The van der Waals surface area contributed by atoms with Crippen LogP contribution in [0.3, 0.4) is 0 Å². The number of thiazole rings is 1. The maximum atomic E-state index is 12.5. The minimum absolute atomic E-state index is 0.275. The van der Waals surface area contributed by atoms with Crippen LogP contribution >= 0.6 is 23.1 Å². The maximum absolute atomic E-state index is 12.5. The van der Waals surface area contributed by atoms with Crippen molar-refractivity contribution in [1.82, 2.24) is 4.98 Å². The topological polar surface area (TPSA) is 59.1 Å². The van der Waals surface area contributed by atoms with Crippen LogP contribution in [0, 0.1) is 0 Å². The number of nitrogens with one attached hydrogen (secondary N) is 1. The van der Waals surface area contributed by atoms with Gasteiger partial charge in [0, 0.05) is 0 Å². The molecule has 126 valence electrons. The molecule has 0 aliphatic carbocycles. The molecule has 0 atom stereocenters. The number of thioether (sulfide) groups is 1. The maximum Gasteiger partial charge on any atom is 0.261 e. The van der Waals surface area contributed by atoms with Crippen molar-refractivity contribution < 1.29 is 8.42 Å². The van der Waals surface area contributed by atoms with Crippen molar-refractivity contribution in [2.24, 2.45) is 0 Å². The summed E-state index contributed by atoms with van der Waals surface area (Å²) >= 11 is 3.14. The molecule has 1 heterocycles. The molecule has 1 N–H and O–H groups in total. The number of anilines is 1. The lowest BCUT2D eigenvalue weighted by molar-refractivity contribution is 0.601. The predicted molar refractivity (Wildman–Crippen MR) is 103 cm³/mol. The largest absolute Gasteiger partial charge is 0.280 e. The van der Waals surface area contributed by atoms with E-state index in [0.717, 1.165) is 33.0 Å². The number of fused-ring (bicyclic) bond motifs is 1. The molecular formula is C17H18N2O2S3. The Hall–Kier alpha value is -1.57. The van der Waals surface area contributed by atoms with Crippen LogP contribution in [0.5, 0.6) is 0 Å². The van der Waals surface area contributed by atoms with E-state index in [9.17, 15) is 8.42 Å². The molecular weight excluding hydrogens is 360 g/mol. The van der Waals surface area contributed by atoms with Crippen molar-refractivity contribution in [3.05, 3.63) is 48.0 Å². The monoisotopic (exact) mass is 378 g/mol. The number of hydrogen-bond donors (Lipinski definition) is 1. The van der Waals surface area contributed by atoms with Gasteiger partial charge in [0.05, 0.1) is 20.8 Å². The lowest BCUT2D eigenvalue weighted by atomic mass is 10.1. The molecule has 0 aliphatic rings. The van der Waals surface area contributed by atoms with E-state index in [1.54, 1.807) is 41.3 Å². The highest BCUT2D eigenvalue weighted by atomic mass is 32.2. The Labute approximate surface area is 150 Å². The van der Waals surface area contributed by atoms with Crippen molar-refractivity contribution in [2.45, 2.75) is 29.0 Å². The summed E-state index contributed by atoms with van der Waals surface area (Å²) in [6.45, 7) is 2.10. The molecule has 1 aromatic heterocycles. The third-order valence-electron chi connectivity index (χ3n) is 3.57. The molecule has 0 unspecified atom stereocenters. The Kier molecular flexibility index (Phi) is 5.12. The molecule has 0 radical (unpaired) electrons. The highest BCUT2D eigenvalue weighted by Crippen LogP contribution is 2.30. The number of aryl methyl sites for hydroxylation is 1. The van der Waals surface area contributed by atoms with Crippen LogP contribution < -0.4 is 4.72 Å². The van der Waals surface area contributed by atoms with Crippen LogP contribution in [0.2, 0.25) is 0 Å². The van der Waals surface area contributed by atoms with E-state index in [1.165, 1.54) is 0 Å². The number of hydrogen-bond acceptors (Lipinski definition) is 5. The first-order valence-electron chi connectivity index (χ1n) is 7.58. The molecule has 0 saturated heterocycles.